The lowest BCUT2D eigenvalue weighted by molar-refractivity contribution is 0.102. The number of carbonyl (C=O) groups excluding carboxylic acids is 1. The summed E-state index contributed by atoms with van der Waals surface area (Å²) >= 11 is 6.08. The van der Waals surface area contributed by atoms with Crippen LogP contribution in [-0.4, -0.2) is 15.9 Å². The summed E-state index contributed by atoms with van der Waals surface area (Å²) in [7, 11) is 0. The normalized spacial score (nSPS) is 11.3. The van der Waals surface area contributed by atoms with Gasteiger partial charge in [0.25, 0.3) is 5.91 Å². The smallest absolute Gasteiger partial charge is 0.255 e. The van der Waals surface area contributed by atoms with E-state index in [0.717, 1.165) is 16.8 Å². The number of aromatic nitrogens is 2. The van der Waals surface area contributed by atoms with Crippen molar-refractivity contribution >= 4 is 23.2 Å². The van der Waals surface area contributed by atoms with E-state index in [2.05, 4.69) is 15.3 Å². The molecule has 0 atom stereocenters. The first kappa shape index (κ1) is 19.0. The van der Waals surface area contributed by atoms with Crippen molar-refractivity contribution in [1.29, 1.82) is 0 Å². The van der Waals surface area contributed by atoms with Gasteiger partial charge >= 0.3 is 0 Å². The summed E-state index contributed by atoms with van der Waals surface area (Å²) in [6, 6.07) is 12.3. The fourth-order valence-electron chi connectivity index (χ4n) is 2.65. The number of hydrogen-bond acceptors (Lipinski definition) is 3. The molecule has 6 heteroatoms. The summed E-state index contributed by atoms with van der Waals surface area (Å²) in [5.74, 6) is -0.356. The predicted molar refractivity (Wildman–Crippen MR) is 106 cm³/mol. The van der Waals surface area contributed by atoms with E-state index in [1.165, 1.54) is 26.1 Å². The molecule has 1 aromatic carbocycles. The van der Waals surface area contributed by atoms with Gasteiger partial charge < -0.3 is 5.32 Å². The van der Waals surface area contributed by atoms with E-state index < -0.39 is 5.67 Å². The highest BCUT2D eigenvalue weighted by atomic mass is 35.5. The number of amides is 1. The van der Waals surface area contributed by atoms with Crippen LogP contribution in [0.25, 0.3) is 11.1 Å². The van der Waals surface area contributed by atoms with E-state index in [0.29, 0.717) is 16.3 Å². The molecule has 0 saturated heterocycles. The Hall–Kier alpha value is -2.79. The molecule has 1 amide bonds. The molecule has 0 radical (unpaired) electrons. The maximum absolute atomic E-state index is 14.1. The van der Waals surface area contributed by atoms with Crippen LogP contribution < -0.4 is 5.32 Å². The summed E-state index contributed by atoms with van der Waals surface area (Å²) in [4.78, 5) is 20.9. The number of aryl methyl sites for hydroxylation is 1. The van der Waals surface area contributed by atoms with Gasteiger partial charge in [-0.25, -0.2) is 4.39 Å². The number of nitrogens with one attached hydrogen (secondary N) is 1. The van der Waals surface area contributed by atoms with Gasteiger partial charge in [0.1, 0.15) is 5.67 Å². The monoisotopic (exact) mass is 383 g/mol. The van der Waals surface area contributed by atoms with Crippen molar-refractivity contribution in [2.24, 2.45) is 0 Å². The molecule has 0 spiro atoms. The number of carbonyl (C=O) groups is 1. The molecule has 3 aromatic rings. The Balaban J connectivity index is 1.88. The minimum atomic E-state index is -1.62. The Kier molecular flexibility index (Phi) is 5.24. The van der Waals surface area contributed by atoms with Gasteiger partial charge in [-0.15, -0.1) is 0 Å². The zero-order valence-corrected chi connectivity index (χ0v) is 16.0. The van der Waals surface area contributed by atoms with Gasteiger partial charge in [0.15, 0.2) is 0 Å². The molecule has 27 heavy (non-hydrogen) atoms. The lowest BCUT2D eigenvalue weighted by Crippen LogP contribution is -2.16. The molecule has 138 valence electrons. The third-order valence-corrected chi connectivity index (χ3v) is 4.35. The first-order valence-electron chi connectivity index (χ1n) is 8.43. The van der Waals surface area contributed by atoms with Crippen LogP contribution in [0.5, 0.6) is 0 Å². The van der Waals surface area contributed by atoms with Crippen LogP contribution in [0, 0.1) is 6.92 Å². The van der Waals surface area contributed by atoms with Crippen molar-refractivity contribution in [1.82, 2.24) is 9.97 Å². The van der Waals surface area contributed by atoms with Crippen molar-refractivity contribution in [3.05, 3.63) is 76.8 Å². The fraction of sp³-hybridized carbons (Fsp3) is 0.190. The fourth-order valence-corrected chi connectivity index (χ4v) is 2.84. The van der Waals surface area contributed by atoms with Crippen LogP contribution >= 0.6 is 11.6 Å². The second-order valence-corrected chi connectivity index (χ2v) is 7.16. The van der Waals surface area contributed by atoms with Gasteiger partial charge in [0.05, 0.1) is 17.6 Å². The summed E-state index contributed by atoms with van der Waals surface area (Å²) < 4.78 is 14.1. The molecule has 0 aliphatic heterocycles. The number of anilines is 1. The van der Waals surface area contributed by atoms with Crippen LogP contribution in [-0.2, 0) is 5.67 Å². The van der Waals surface area contributed by atoms with E-state index in [1.54, 1.807) is 18.3 Å². The molecule has 0 saturated carbocycles. The minimum Gasteiger partial charge on any atom is -0.321 e. The SMILES string of the molecule is Cc1ncc(NC(=O)c2ccnc(C(C)(C)F)c2)cc1-c1cccc(Cl)c1. The first-order valence-corrected chi connectivity index (χ1v) is 8.81. The number of pyridine rings is 2. The van der Waals surface area contributed by atoms with Gasteiger partial charge in [-0.05, 0) is 56.7 Å². The highest BCUT2D eigenvalue weighted by molar-refractivity contribution is 6.30. The molecule has 3 rings (SSSR count). The van der Waals surface area contributed by atoms with E-state index in [4.69, 9.17) is 11.6 Å². The van der Waals surface area contributed by atoms with Gasteiger partial charge in [-0.1, -0.05) is 23.7 Å². The molecule has 0 bridgehead atoms. The summed E-state index contributed by atoms with van der Waals surface area (Å²) in [6.07, 6.45) is 3.01. The zero-order chi connectivity index (χ0) is 19.6. The Morgan fingerprint density at radius 2 is 1.93 bits per heavy atom. The van der Waals surface area contributed by atoms with E-state index in [1.807, 2.05) is 31.2 Å². The Morgan fingerprint density at radius 1 is 1.15 bits per heavy atom. The lowest BCUT2D eigenvalue weighted by Gasteiger charge is -2.14. The van der Waals surface area contributed by atoms with Crippen molar-refractivity contribution in [3.63, 3.8) is 0 Å². The third-order valence-electron chi connectivity index (χ3n) is 4.11. The van der Waals surface area contributed by atoms with Gasteiger partial charge in [-0.2, -0.15) is 0 Å². The molecule has 1 N–H and O–H groups in total. The number of nitrogens with zero attached hydrogens (tertiary/aromatic N) is 2. The Bertz CT molecular complexity index is 999. The Labute approximate surface area is 162 Å². The van der Waals surface area contributed by atoms with E-state index >= 15 is 0 Å². The van der Waals surface area contributed by atoms with Crippen molar-refractivity contribution in [2.45, 2.75) is 26.4 Å². The second kappa shape index (κ2) is 7.45. The van der Waals surface area contributed by atoms with E-state index in [9.17, 15) is 9.18 Å². The topological polar surface area (TPSA) is 54.9 Å². The number of hydrogen-bond donors (Lipinski definition) is 1. The van der Waals surface area contributed by atoms with E-state index in [-0.39, 0.29) is 11.6 Å². The largest absolute Gasteiger partial charge is 0.321 e. The van der Waals surface area contributed by atoms with Crippen LogP contribution in [0.1, 0.15) is 35.6 Å². The quantitative estimate of drug-likeness (QED) is 0.641. The Morgan fingerprint density at radius 3 is 2.63 bits per heavy atom. The van der Waals surface area contributed by atoms with Gasteiger partial charge in [0.2, 0.25) is 0 Å². The molecule has 0 aliphatic rings. The second-order valence-electron chi connectivity index (χ2n) is 6.72. The molecule has 4 nitrogen and oxygen atoms in total. The number of rotatable bonds is 4. The minimum absolute atomic E-state index is 0.205. The van der Waals surface area contributed by atoms with Crippen LogP contribution in [0.2, 0.25) is 5.02 Å². The lowest BCUT2D eigenvalue weighted by atomic mass is 10.0. The van der Waals surface area contributed by atoms with Crippen LogP contribution in [0.3, 0.4) is 0 Å². The summed E-state index contributed by atoms with van der Waals surface area (Å²) in [5.41, 5.74) is 2.05. The average molecular weight is 384 g/mol. The standard InChI is InChI=1S/C21H19ClFN3O/c1-13-18(14-5-4-6-16(22)9-14)11-17(12-25-13)26-20(27)15-7-8-24-19(10-15)21(2,3)23/h4-12H,1-3H3,(H,26,27). The van der Waals surface area contributed by atoms with Crippen molar-refractivity contribution in [2.75, 3.05) is 5.32 Å². The number of benzene rings is 1. The van der Waals surface area contributed by atoms with Crippen molar-refractivity contribution < 1.29 is 9.18 Å². The van der Waals surface area contributed by atoms with Crippen LogP contribution in [0.15, 0.2) is 54.9 Å². The zero-order valence-electron chi connectivity index (χ0n) is 15.3. The molecular formula is C21H19ClFN3O. The van der Waals surface area contributed by atoms with Gasteiger partial charge in [-0.3, -0.25) is 14.8 Å². The number of halogens is 2. The maximum atomic E-state index is 14.1. The summed E-state index contributed by atoms with van der Waals surface area (Å²) in [5, 5.41) is 3.43. The van der Waals surface area contributed by atoms with Crippen LogP contribution in [0.4, 0.5) is 10.1 Å². The van der Waals surface area contributed by atoms with Gasteiger partial charge in [0, 0.05) is 28.0 Å². The molecule has 2 aromatic heterocycles. The third kappa shape index (κ3) is 4.49. The average Bonchev–Trinajstić information content (AvgIpc) is 2.62. The highest BCUT2D eigenvalue weighted by Crippen LogP contribution is 2.28. The predicted octanol–water partition coefficient (Wildman–Crippen LogP) is 5.56. The number of alkyl halides is 1. The molecular weight excluding hydrogens is 365 g/mol. The molecule has 0 unspecified atom stereocenters. The molecule has 0 aliphatic carbocycles. The molecule has 0 fully saturated rings. The maximum Gasteiger partial charge on any atom is 0.255 e. The highest BCUT2D eigenvalue weighted by Gasteiger charge is 2.22. The first-order chi connectivity index (χ1) is 12.7. The molecule has 2 heterocycles. The summed E-state index contributed by atoms with van der Waals surface area (Å²) in [6.45, 7) is 4.69. The van der Waals surface area contributed by atoms with Crippen molar-refractivity contribution in [3.8, 4) is 11.1 Å².